The fourth-order valence-electron chi connectivity index (χ4n) is 2.05. The van der Waals surface area contributed by atoms with Gasteiger partial charge in [0, 0.05) is 4.47 Å². The van der Waals surface area contributed by atoms with Gasteiger partial charge in [0.2, 0.25) is 0 Å². The number of hydrogen-bond acceptors (Lipinski definition) is 2. The van der Waals surface area contributed by atoms with Gasteiger partial charge in [-0.15, -0.1) is 0 Å². The van der Waals surface area contributed by atoms with Gasteiger partial charge in [-0.3, -0.25) is 0 Å². The van der Waals surface area contributed by atoms with Crippen LogP contribution in [0.3, 0.4) is 0 Å². The minimum atomic E-state index is 0.975. The number of benzene rings is 2. The maximum absolute atomic E-state index is 4.33. The lowest BCUT2D eigenvalue weighted by Crippen LogP contribution is -1.94. The maximum atomic E-state index is 4.33. The number of nitrogens with zero attached hydrogens (tertiary/aromatic N) is 2. The van der Waals surface area contributed by atoms with Crippen molar-refractivity contribution in [3.8, 4) is 0 Å². The Balaban J connectivity index is 2.09. The zero-order valence-corrected chi connectivity index (χ0v) is 10.8. The summed E-state index contributed by atoms with van der Waals surface area (Å²) in [5, 5.41) is 8.66. The molecule has 0 aromatic heterocycles. The largest absolute Gasteiger partial charge is 0.150 e. The number of aryl methyl sites for hydroxylation is 2. The molecule has 0 unspecified atom stereocenters. The van der Waals surface area contributed by atoms with Crippen molar-refractivity contribution in [1.29, 1.82) is 0 Å². The van der Waals surface area contributed by atoms with Gasteiger partial charge in [0.05, 0.1) is 11.4 Å². The standard InChI is InChI=1S/C14H11BrN2/c15-12-7-8-14-11(9-12)6-5-10-3-1-2-4-13(10)16-17-14/h1-4,7-9H,5-6H2. The summed E-state index contributed by atoms with van der Waals surface area (Å²) in [6.07, 6.45) is 2.02. The Morgan fingerprint density at radius 1 is 0.824 bits per heavy atom. The van der Waals surface area contributed by atoms with Gasteiger partial charge in [-0.05, 0) is 48.2 Å². The first-order valence-electron chi connectivity index (χ1n) is 5.61. The Morgan fingerprint density at radius 3 is 2.41 bits per heavy atom. The van der Waals surface area contributed by atoms with E-state index in [4.69, 9.17) is 0 Å². The second-order valence-corrected chi connectivity index (χ2v) is 5.02. The molecule has 3 heteroatoms. The predicted molar refractivity (Wildman–Crippen MR) is 72.2 cm³/mol. The van der Waals surface area contributed by atoms with Gasteiger partial charge in [-0.25, -0.2) is 0 Å². The molecule has 1 heterocycles. The van der Waals surface area contributed by atoms with Crippen molar-refractivity contribution in [3.63, 3.8) is 0 Å². The molecule has 2 nitrogen and oxygen atoms in total. The molecule has 2 aromatic rings. The first-order valence-corrected chi connectivity index (χ1v) is 6.40. The smallest absolute Gasteiger partial charge is 0.0889 e. The average Bonchev–Trinajstić information content (AvgIpc) is 2.33. The fourth-order valence-corrected chi connectivity index (χ4v) is 2.46. The predicted octanol–water partition coefficient (Wildman–Crippen LogP) is 4.96. The Bertz CT molecular complexity index is 591. The van der Waals surface area contributed by atoms with Crippen LogP contribution in [0.15, 0.2) is 57.2 Å². The van der Waals surface area contributed by atoms with Crippen LogP contribution in [-0.2, 0) is 12.8 Å². The van der Waals surface area contributed by atoms with E-state index in [1.165, 1.54) is 11.1 Å². The second-order valence-electron chi connectivity index (χ2n) is 4.10. The van der Waals surface area contributed by atoms with Crippen molar-refractivity contribution < 1.29 is 0 Å². The Hall–Kier alpha value is -1.48. The molecule has 17 heavy (non-hydrogen) atoms. The first-order chi connectivity index (χ1) is 8.33. The summed E-state index contributed by atoms with van der Waals surface area (Å²) >= 11 is 3.49. The molecule has 2 aromatic carbocycles. The zero-order chi connectivity index (χ0) is 11.7. The summed E-state index contributed by atoms with van der Waals surface area (Å²) in [7, 11) is 0. The lowest BCUT2D eigenvalue weighted by Gasteiger charge is -2.11. The summed E-state index contributed by atoms with van der Waals surface area (Å²) in [6.45, 7) is 0. The van der Waals surface area contributed by atoms with Gasteiger partial charge in [-0.2, -0.15) is 10.2 Å². The number of rotatable bonds is 0. The van der Waals surface area contributed by atoms with Gasteiger partial charge < -0.3 is 0 Å². The van der Waals surface area contributed by atoms with Crippen molar-refractivity contribution in [2.75, 3.05) is 0 Å². The Kier molecular flexibility index (Phi) is 2.77. The molecule has 84 valence electrons. The van der Waals surface area contributed by atoms with E-state index < -0.39 is 0 Å². The maximum Gasteiger partial charge on any atom is 0.0889 e. The number of halogens is 1. The van der Waals surface area contributed by atoms with Gasteiger partial charge in [-0.1, -0.05) is 34.1 Å². The molecule has 0 saturated carbocycles. The van der Waals surface area contributed by atoms with E-state index in [1.807, 2.05) is 24.3 Å². The summed E-state index contributed by atoms with van der Waals surface area (Å²) in [5.74, 6) is 0. The highest BCUT2D eigenvalue weighted by Gasteiger charge is 2.09. The van der Waals surface area contributed by atoms with Crippen LogP contribution >= 0.6 is 15.9 Å². The van der Waals surface area contributed by atoms with Crippen LogP contribution in [-0.4, -0.2) is 0 Å². The molecule has 0 saturated heterocycles. The minimum Gasteiger partial charge on any atom is -0.150 e. The van der Waals surface area contributed by atoms with Crippen molar-refractivity contribution in [2.24, 2.45) is 10.2 Å². The molecule has 0 atom stereocenters. The number of azo groups is 1. The van der Waals surface area contributed by atoms with Crippen LogP contribution in [0.4, 0.5) is 11.4 Å². The highest BCUT2D eigenvalue weighted by molar-refractivity contribution is 9.10. The highest BCUT2D eigenvalue weighted by atomic mass is 79.9. The third-order valence-corrected chi connectivity index (χ3v) is 3.46. The summed E-state index contributed by atoms with van der Waals surface area (Å²) < 4.78 is 1.10. The van der Waals surface area contributed by atoms with Crippen LogP contribution < -0.4 is 0 Å². The second kappa shape index (κ2) is 4.41. The summed E-state index contributed by atoms with van der Waals surface area (Å²) in [6, 6.07) is 14.3. The topological polar surface area (TPSA) is 24.7 Å². The van der Waals surface area contributed by atoms with E-state index in [0.717, 1.165) is 28.7 Å². The molecule has 0 radical (unpaired) electrons. The molecule has 0 fully saturated rings. The molecule has 1 aliphatic heterocycles. The SMILES string of the molecule is Brc1ccc2c(c1)CCc1ccccc1N=N2. The van der Waals surface area contributed by atoms with Crippen molar-refractivity contribution in [2.45, 2.75) is 12.8 Å². The molecular weight excluding hydrogens is 276 g/mol. The zero-order valence-electron chi connectivity index (χ0n) is 9.23. The van der Waals surface area contributed by atoms with Gasteiger partial charge >= 0.3 is 0 Å². The molecule has 3 rings (SSSR count). The molecule has 0 N–H and O–H groups in total. The van der Waals surface area contributed by atoms with Gasteiger partial charge in [0.1, 0.15) is 0 Å². The number of fused-ring (bicyclic) bond motifs is 2. The van der Waals surface area contributed by atoms with E-state index in [1.54, 1.807) is 0 Å². The summed E-state index contributed by atoms with van der Waals surface area (Å²) in [5.41, 5.74) is 4.48. The average molecular weight is 287 g/mol. The molecule has 0 spiro atoms. The van der Waals surface area contributed by atoms with E-state index >= 15 is 0 Å². The van der Waals surface area contributed by atoms with Crippen LogP contribution in [0.5, 0.6) is 0 Å². The van der Waals surface area contributed by atoms with Gasteiger partial charge in [0.15, 0.2) is 0 Å². The fraction of sp³-hybridized carbons (Fsp3) is 0.143. The lowest BCUT2D eigenvalue weighted by atomic mass is 10.0. The lowest BCUT2D eigenvalue weighted by molar-refractivity contribution is 0.935. The van der Waals surface area contributed by atoms with Gasteiger partial charge in [0.25, 0.3) is 0 Å². The van der Waals surface area contributed by atoms with E-state index in [9.17, 15) is 0 Å². The molecule has 0 bridgehead atoms. The van der Waals surface area contributed by atoms with Crippen LogP contribution in [0, 0.1) is 0 Å². The van der Waals surface area contributed by atoms with Crippen LogP contribution in [0.2, 0.25) is 0 Å². The van der Waals surface area contributed by atoms with E-state index in [2.05, 4.69) is 44.4 Å². The monoisotopic (exact) mass is 286 g/mol. The normalized spacial score (nSPS) is 13.5. The molecule has 0 amide bonds. The third kappa shape index (κ3) is 2.15. The third-order valence-electron chi connectivity index (χ3n) is 2.96. The van der Waals surface area contributed by atoms with E-state index in [0.29, 0.717) is 0 Å². The Labute approximate surface area is 109 Å². The van der Waals surface area contributed by atoms with Crippen molar-refractivity contribution >= 4 is 27.3 Å². The highest BCUT2D eigenvalue weighted by Crippen LogP contribution is 2.31. The van der Waals surface area contributed by atoms with Crippen molar-refractivity contribution in [3.05, 3.63) is 58.1 Å². The molecule has 0 aliphatic carbocycles. The van der Waals surface area contributed by atoms with Crippen molar-refractivity contribution in [1.82, 2.24) is 0 Å². The van der Waals surface area contributed by atoms with Crippen LogP contribution in [0.1, 0.15) is 11.1 Å². The molecular formula is C14H11BrN2. The Morgan fingerprint density at radius 2 is 1.53 bits per heavy atom. The first kappa shape index (κ1) is 10.7. The summed E-state index contributed by atoms with van der Waals surface area (Å²) in [4.78, 5) is 0. The van der Waals surface area contributed by atoms with Crippen LogP contribution in [0.25, 0.3) is 0 Å². The minimum absolute atomic E-state index is 0.975. The van der Waals surface area contributed by atoms with E-state index in [-0.39, 0.29) is 0 Å². The number of hydrogen-bond donors (Lipinski definition) is 0. The molecule has 1 aliphatic rings. The quantitative estimate of drug-likeness (QED) is 0.654.